The van der Waals surface area contributed by atoms with Crippen molar-refractivity contribution >= 4 is 5.97 Å². The molecule has 0 aromatic heterocycles. The van der Waals surface area contributed by atoms with Crippen molar-refractivity contribution in [2.45, 2.75) is 25.2 Å². The summed E-state index contributed by atoms with van der Waals surface area (Å²) in [5.74, 6) is 0.526. The fourth-order valence-electron chi connectivity index (χ4n) is 2.04. The molecule has 1 aliphatic heterocycles. The molecule has 0 amide bonds. The molecule has 2 atom stereocenters. The van der Waals surface area contributed by atoms with Crippen LogP contribution in [-0.4, -0.2) is 39.2 Å². The first-order chi connectivity index (χ1) is 9.22. The molecule has 1 heterocycles. The van der Waals surface area contributed by atoms with Gasteiger partial charge in [-0.1, -0.05) is 18.2 Å². The second-order valence-electron chi connectivity index (χ2n) is 4.32. The molecule has 5 heteroatoms. The van der Waals surface area contributed by atoms with Crippen molar-refractivity contribution in [2.75, 3.05) is 20.8 Å². The maximum absolute atomic E-state index is 11.2. The van der Waals surface area contributed by atoms with E-state index in [0.717, 1.165) is 11.3 Å². The number of hydrogen-bond donors (Lipinski definition) is 0. The highest BCUT2D eigenvalue weighted by molar-refractivity contribution is 5.69. The average molecular weight is 266 g/mol. The Bertz CT molecular complexity index is 432. The van der Waals surface area contributed by atoms with Gasteiger partial charge >= 0.3 is 5.97 Å². The molecule has 5 nitrogen and oxygen atoms in total. The first kappa shape index (κ1) is 13.8. The molecule has 2 unspecified atom stereocenters. The van der Waals surface area contributed by atoms with Crippen molar-refractivity contribution in [3.8, 4) is 5.75 Å². The van der Waals surface area contributed by atoms with Crippen molar-refractivity contribution in [3.63, 3.8) is 0 Å². The summed E-state index contributed by atoms with van der Waals surface area (Å²) in [7, 11) is 3.00. The second kappa shape index (κ2) is 6.54. The van der Waals surface area contributed by atoms with Crippen molar-refractivity contribution in [2.24, 2.45) is 0 Å². The summed E-state index contributed by atoms with van der Waals surface area (Å²) in [5.41, 5.74) is 1.02. The van der Waals surface area contributed by atoms with Crippen LogP contribution in [0.25, 0.3) is 0 Å². The Morgan fingerprint density at radius 2 is 2.16 bits per heavy atom. The van der Waals surface area contributed by atoms with Crippen molar-refractivity contribution in [3.05, 3.63) is 29.8 Å². The fourth-order valence-corrected chi connectivity index (χ4v) is 2.04. The number of benzene rings is 1. The van der Waals surface area contributed by atoms with E-state index in [1.165, 1.54) is 7.11 Å². The van der Waals surface area contributed by atoms with E-state index in [0.29, 0.717) is 13.0 Å². The van der Waals surface area contributed by atoms with Crippen LogP contribution in [0.4, 0.5) is 0 Å². The van der Waals surface area contributed by atoms with Gasteiger partial charge in [0.15, 0.2) is 6.29 Å². The van der Waals surface area contributed by atoms with Gasteiger partial charge in [-0.25, -0.2) is 0 Å². The van der Waals surface area contributed by atoms with Gasteiger partial charge in [0.25, 0.3) is 0 Å². The molecule has 0 saturated carbocycles. The van der Waals surface area contributed by atoms with E-state index in [9.17, 15) is 4.79 Å². The van der Waals surface area contributed by atoms with E-state index in [1.54, 1.807) is 7.11 Å². The smallest absolute Gasteiger partial charge is 0.308 e. The summed E-state index contributed by atoms with van der Waals surface area (Å²) in [4.78, 5) is 11.2. The van der Waals surface area contributed by atoms with Crippen molar-refractivity contribution < 1.29 is 23.7 Å². The van der Waals surface area contributed by atoms with E-state index in [1.807, 2.05) is 24.3 Å². The third-order valence-corrected chi connectivity index (χ3v) is 3.01. The van der Waals surface area contributed by atoms with Gasteiger partial charge in [-0.3, -0.25) is 4.79 Å². The van der Waals surface area contributed by atoms with Gasteiger partial charge in [0.1, 0.15) is 5.75 Å². The first-order valence-corrected chi connectivity index (χ1v) is 6.18. The van der Waals surface area contributed by atoms with Gasteiger partial charge < -0.3 is 18.9 Å². The highest BCUT2D eigenvalue weighted by Crippen LogP contribution is 2.24. The standard InChI is InChI=1S/C14H18O5/c1-16-12-6-4-3-5-10(12)7-14-18-9-11(19-14)8-13(15)17-2/h3-6,11,14H,7-9H2,1-2H3. The van der Waals surface area contributed by atoms with E-state index in [2.05, 4.69) is 4.74 Å². The lowest BCUT2D eigenvalue weighted by atomic mass is 10.1. The van der Waals surface area contributed by atoms with Gasteiger partial charge in [0, 0.05) is 6.42 Å². The molecule has 1 fully saturated rings. The predicted octanol–water partition coefficient (Wildman–Crippen LogP) is 1.54. The number of hydrogen-bond acceptors (Lipinski definition) is 5. The Labute approximate surface area is 112 Å². The number of carbonyl (C=O) groups is 1. The Hall–Kier alpha value is -1.59. The molecule has 0 spiro atoms. The number of ether oxygens (including phenoxy) is 4. The quantitative estimate of drug-likeness (QED) is 0.757. The molecular formula is C14H18O5. The predicted molar refractivity (Wildman–Crippen MR) is 67.9 cm³/mol. The lowest BCUT2D eigenvalue weighted by molar-refractivity contribution is -0.143. The van der Waals surface area contributed by atoms with Crippen LogP contribution < -0.4 is 4.74 Å². The van der Waals surface area contributed by atoms with Crippen LogP contribution in [-0.2, 0) is 25.4 Å². The molecular weight excluding hydrogens is 248 g/mol. The molecule has 0 radical (unpaired) electrons. The lowest BCUT2D eigenvalue weighted by Crippen LogP contribution is -2.18. The minimum atomic E-state index is -0.342. The number of rotatable bonds is 5. The van der Waals surface area contributed by atoms with Crippen LogP contribution in [0.3, 0.4) is 0 Å². The van der Waals surface area contributed by atoms with Crippen LogP contribution in [0.15, 0.2) is 24.3 Å². The van der Waals surface area contributed by atoms with Crippen LogP contribution in [0.2, 0.25) is 0 Å². The Morgan fingerprint density at radius 3 is 2.89 bits per heavy atom. The monoisotopic (exact) mass is 266 g/mol. The van der Waals surface area contributed by atoms with Gasteiger partial charge in [0.05, 0.1) is 33.4 Å². The van der Waals surface area contributed by atoms with Gasteiger partial charge in [-0.2, -0.15) is 0 Å². The zero-order valence-corrected chi connectivity index (χ0v) is 11.1. The summed E-state index contributed by atoms with van der Waals surface area (Å²) in [5, 5.41) is 0. The first-order valence-electron chi connectivity index (χ1n) is 6.18. The largest absolute Gasteiger partial charge is 0.496 e. The minimum Gasteiger partial charge on any atom is -0.496 e. The Kier molecular flexibility index (Phi) is 4.76. The highest BCUT2D eigenvalue weighted by atomic mass is 16.7. The topological polar surface area (TPSA) is 54.0 Å². The summed E-state index contributed by atoms with van der Waals surface area (Å²) >= 11 is 0. The Morgan fingerprint density at radius 1 is 1.37 bits per heavy atom. The zero-order valence-electron chi connectivity index (χ0n) is 11.1. The van der Waals surface area contributed by atoms with Crippen LogP contribution in [0.1, 0.15) is 12.0 Å². The summed E-state index contributed by atoms with van der Waals surface area (Å²) in [6.07, 6.45) is 0.249. The Balaban J connectivity index is 1.89. The van der Waals surface area contributed by atoms with E-state index < -0.39 is 0 Å². The van der Waals surface area contributed by atoms with Crippen LogP contribution in [0.5, 0.6) is 5.75 Å². The van der Waals surface area contributed by atoms with Crippen LogP contribution in [0, 0.1) is 0 Å². The van der Waals surface area contributed by atoms with Gasteiger partial charge in [-0.15, -0.1) is 0 Å². The average Bonchev–Trinajstić information content (AvgIpc) is 2.86. The third-order valence-electron chi connectivity index (χ3n) is 3.01. The number of methoxy groups -OCH3 is 2. The van der Waals surface area contributed by atoms with Gasteiger partial charge in [-0.05, 0) is 11.6 Å². The summed E-state index contributed by atoms with van der Waals surface area (Å²) in [6.45, 7) is 0.412. The maximum Gasteiger partial charge on any atom is 0.308 e. The number of esters is 1. The second-order valence-corrected chi connectivity index (χ2v) is 4.32. The molecule has 104 valence electrons. The number of para-hydroxylation sites is 1. The molecule has 2 rings (SSSR count). The SMILES string of the molecule is COC(=O)CC1COC(Cc2ccccc2OC)O1. The molecule has 0 aliphatic carbocycles. The lowest BCUT2D eigenvalue weighted by Gasteiger charge is -2.13. The van der Waals surface area contributed by atoms with E-state index in [4.69, 9.17) is 14.2 Å². The summed E-state index contributed by atoms with van der Waals surface area (Å²) < 4.78 is 21.1. The third kappa shape index (κ3) is 3.68. The fraction of sp³-hybridized carbons (Fsp3) is 0.500. The highest BCUT2D eigenvalue weighted by Gasteiger charge is 2.28. The normalized spacial score (nSPS) is 22.2. The molecule has 1 saturated heterocycles. The van der Waals surface area contributed by atoms with E-state index >= 15 is 0 Å². The molecule has 1 aromatic rings. The number of carbonyl (C=O) groups excluding carboxylic acids is 1. The molecule has 1 aliphatic rings. The van der Waals surface area contributed by atoms with Crippen molar-refractivity contribution in [1.29, 1.82) is 0 Å². The maximum atomic E-state index is 11.2. The zero-order chi connectivity index (χ0) is 13.7. The summed E-state index contributed by atoms with van der Waals surface area (Å²) in [6, 6.07) is 7.73. The molecule has 1 aromatic carbocycles. The molecule has 19 heavy (non-hydrogen) atoms. The molecule has 0 N–H and O–H groups in total. The molecule has 0 bridgehead atoms. The van der Waals surface area contributed by atoms with Crippen LogP contribution >= 0.6 is 0 Å². The van der Waals surface area contributed by atoms with E-state index in [-0.39, 0.29) is 24.8 Å². The minimum absolute atomic E-state index is 0.221. The van der Waals surface area contributed by atoms with Crippen molar-refractivity contribution in [1.82, 2.24) is 0 Å². The van der Waals surface area contributed by atoms with Gasteiger partial charge in [0.2, 0.25) is 0 Å².